The lowest BCUT2D eigenvalue weighted by molar-refractivity contribution is 0.526. The van der Waals surface area contributed by atoms with Crippen LogP contribution in [0.3, 0.4) is 0 Å². The van der Waals surface area contributed by atoms with E-state index in [1.807, 2.05) is 24.7 Å². The van der Waals surface area contributed by atoms with Gasteiger partial charge in [-0.2, -0.15) is 10.2 Å². The fourth-order valence-corrected chi connectivity index (χ4v) is 1.89. The molecule has 94 valence electrons. The first-order chi connectivity index (χ1) is 8.90. The summed E-state index contributed by atoms with van der Waals surface area (Å²) in [7, 11) is 0. The summed E-state index contributed by atoms with van der Waals surface area (Å²) in [6.45, 7) is 3.17. The highest BCUT2D eigenvalue weighted by Crippen LogP contribution is 2.16. The summed E-state index contributed by atoms with van der Waals surface area (Å²) >= 11 is 0. The van der Waals surface area contributed by atoms with Gasteiger partial charge in [-0.1, -0.05) is 6.92 Å². The lowest BCUT2D eigenvalue weighted by Crippen LogP contribution is -2.24. The quantitative estimate of drug-likeness (QED) is 0.843. The monoisotopic (exact) mass is 242 g/mol. The van der Waals surface area contributed by atoms with E-state index in [1.165, 1.54) is 11.1 Å². The Morgan fingerprint density at radius 2 is 1.94 bits per heavy atom. The number of hydrogen-bond acceptors (Lipinski definition) is 4. The van der Waals surface area contributed by atoms with Crippen molar-refractivity contribution in [3.05, 3.63) is 54.1 Å². The van der Waals surface area contributed by atoms with E-state index in [0.717, 1.165) is 19.4 Å². The van der Waals surface area contributed by atoms with E-state index in [2.05, 4.69) is 39.6 Å². The molecule has 0 aliphatic carbocycles. The molecule has 1 N–H and O–H groups in total. The maximum absolute atomic E-state index is 4.04. The number of aromatic nitrogens is 3. The summed E-state index contributed by atoms with van der Waals surface area (Å²) in [5, 5.41) is 11.3. The molecular weight excluding hydrogens is 224 g/mol. The van der Waals surface area contributed by atoms with Crippen molar-refractivity contribution in [2.45, 2.75) is 25.8 Å². The lowest BCUT2D eigenvalue weighted by Gasteiger charge is -2.18. The Hall–Kier alpha value is -1.81. The summed E-state index contributed by atoms with van der Waals surface area (Å²) in [5.41, 5.74) is 2.45. The molecule has 2 aromatic rings. The molecule has 0 aliphatic heterocycles. The predicted octanol–water partition coefficient (Wildman–Crippen LogP) is 2.16. The fourth-order valence-electron chi connectivity index (χ4n) is 1.89. The van der Waals surface area contributed by atoms with Gasteiger partial charge in [0.2, 0.25) is 0 Å². The SMILES string of the molecule is CCCNC(Cc1ccncc1)c1ccnnc1. The van der Waals surface area contributed by atoms with Crippen LogP contribution in [0, 0.1) is 0 Å². The van der Waals surface area contributed by atoms with Crippen molar-refractivity contribution in [1.82, 2.24) is 20.5 Å². The highest BCUT2D eigenvalue weighted by molar-refractivity contribution is 5.18. The van der Waals surface area contributed by atoms with Crippen molar-refractivity contribution in [2.24, 2.45) is 0 Å². The van der Waals surface area contributed by atoms with E-state index >= 15 is 0 Å². The highest BCUT2D eigenvalue weighted by Gasteiger charge is 2.11. The van der Waals surface area contributed by atoms with E-state index < -0.39 is 0 Å². The van der Waals surface area contributed by atoms with Gasteiger partial charge >= 0.3 is 0 Å². The molecule has 0 aliphatic rings. The lowest BCUT2D eigenvalue weighted by atomic mass is 10.0. The van der Waals surface area contributed by atoms with Gasteiger partial charge in [0.15, 0.2) is 0 Å². The van der Waals surface area contributed by atoms with Gasteiger partial charge in [0.1, 0.15) is 0 Å². The first-order valence-electron chi connectivity index (χ1n) is 6.29. The molecule has 0 fully saturated rings. The van der Waals surface area contributed by atoms with Crippen LogP contribution >= 0.6 is 0 Å². The van der Waals surface area contributed by atoms with Gasteiger partial charge in [-0.25, -0.2) is 0 Å². The molecule has 1 unspecified atom stereocenters. The number of nitrogens with one attached hydrogen (secondary N) is 1. The third kappa shape index (κ3) is 3.60. The Morgan fingerprint density at radius 1 is 1.11 bits per heavy atom. The second-order valence-electron chi connectivity index (χ2n) is 4.24. The summed E-state index contributed by atoms with van der Waals surface area (Å²) in [4.78, 5) is 4.04. The summed E-state index contributed by atoms with van der Waals surface area (Å²) in [6.07, 6.45) is 9.28. The molecule has 0 saturated carbocycles. The average Bonchev–Trinajstić information content (AvgIpc) is 2.45. The van der Waals surface area contributed by atoms with Crippen LogP contribution in [-0.2, 0) is 6.42 Å². The highest BCUT2D eigenvalue weighted by atomic mass is 15.1. The molecule has 0 aromatic carbocycles. The topological polar surface area (TPSA) is 50.7 Å². The second kappa shape index (κ2) is 6.81. The van der Waals surface area contributed by atoms with Crippen LogP contribution in [0.15, 0.2) is 43.0 Å². The molecule has 1 atom stereocenters. The number of nitrogens with zero attached hydrogens (tertiary/aromatic N) is 3. The normalized spacial score (nSPS) is 12.3. The van der Waals surface area contributed by atoms with Crippen LogP contribution in [0.2, 0.25) is 0 Å². The third-order valence-electron chi connectivity index (χ3n) is 2.84. The van der Waals surface area contributed by atoms with Gasteiger partial charge in [0, 0.05) is 24.6 Å². The molecule has 4 nitrogen and oxygen atoms in total. The summed E-state index contributed by atoms with van der Waals surface area (Å²) in [6, 6.07) is 6.40. The molecule has 0 radical (unpaired) electrons. The Labute approximate surface area is 107 Å². The van der Waals surface area contributed by atoms with Gasteiger partial charge in [-0.3, -0.25) is 4.98 Å². The van der Waals surface area contributed by atoms with Crippen molar-refractivity contribution in [2.75, 3.05) is 6.54 Å². The van der Waals surface area contributed by atoms with Gasteiger partial charge in [0.25, 0.3) is 0 Å². The second-order valence-corrected chi connectivity index (χ2v) is 4.24. The van der Waals surface area contributed by atoms with E-state index in [9.17, 15) is 0 Å². The van der Waals surface area contributed by atoms with Gasteiger partial charge < -0.3 is 5.32 Å². The summed E-state index contributed by atoms with van der Waals surface area (Å²) < 4.78 is 0. The third-order valence-corrected chi connectivity index (χ3v) is 2.84. The van der Waals surface area contributed by atoms with E-state index in [-0.39, 0.29) is 6.04 Å². The standard InChI is InChI=1S/C14H18N4/c1-2-6-16-14(13-5-9-17-18-11-13)10-12-3-7-15-8-4-12/h3-5,7-9,11,14,16H,2,6,10H2,1H3. The maximum Gasteiger partial charge on any atom is 0.0544 e. The zero-order valence-corrected chi connectivity index (χ0v) is 10.6. The molecular formula is C14H18N4. The Balaban J connectivity index is 2.10. The molecule has 0 spiro atoms. The van der Waals surface area contributed by atoms with Crippen LogP contribution in [0.5, 0.6) is 0 Å². The molecule has 18 heavy (non-hydrogen) atoms. The van der Waals surface area contributed by atoms with Crippen LogP contribution in [0.25, 0.3) is 0 Å². The van der Waals surface area contributed by atoms with Crippen molar-refractivity contribution < 1.29 is 0 Å². The van der Waals surface area contributed by atoms with Crippen LogP contribution < -0.4 is 5.32 Å². The molecule has 0 saturated heterocycles. The van der Waals surface area contributed by atoms with Crippen LogP contribution in [0.4, 0.5) is 0 Å². The van der Waals surface area contributed by atoms with Crippen molar-refractivity contribution in [3.8, 4) is 0 Å². The van der Waals surface area contributed by atoms with E-state index in [1.54, 1.807) is 6.20 Å². The molecule has 2 aromatic heterocycles. The molecule has 4 heteroatoms. The largest absolute Gasteiger partial charge is 0.310 e. The number of hydrogen-bond donors (Lipinski definition) is 1. The Bertz CT molecular complexity index is 444. The summed E-state index contributed by atoms with van der Waals surface area (Å²) in [5.74, 6) is 0. The minimum absolute atomic E-state index is 0.280. The first-order valence-corrected chi connectivity index (χ1v) is 6.29. The average molecular weight is 242 g/mol. The fraction of sp³-hybridized carbons (Fsp3) is 0.357. The Kier molecular flexibility index (Phi) is 4.78. The number of pyridine rings is 1. The van der Waals surface area contributed by atoms with Crippen molar-refractivity contribution in [3.63, 3.8) is 0 Å². The minimum Gasteiger partial charge on any atom is -0.310 e. The molecule has 0 bridgehead atoms. The Morgan fingerprint density at radius 3 is 2.61 bits per heavy atom. The molecule has 2 rings (SSSR count). The zero-order chi connectivity index (χ0) is 12.6. The van der Waals surface area contributed by atoms with Crippen molar-refractivity contribution >= 4 is 0 Å². The maximum atomic E-state index is 4.04. The van der Waals surface area contributed by atoms with Crippen molar-refractivity contribution in [1.29, 1.82) is 0 Å². The van der Waals surface area contributed by atoms with Crippen LogP contribution in [0.1, 0.15) is 30.5 Å². The van der Waals surface area contributed by atoms with Gasteiger partial charge in [-0.15, -0.1) is 0 Å². The minimum atomic E-state index is 0.280. The molecule has 2 heterocycles. The number of rotatable bonds is 6. The first kappa shape index (κ1) is 12.6. The smallest absolute Gasteiger partial charge is 0.0544 e. The van der Waals surface area contributed by atoms with E-state index in [0.29, 0.717) is 0 Å². The predicted molar refractivity (Wildman–Crippen MR) is 71.0 cm³/mol. The zero-order valence-electron chi connectivity index (χ0n) is 10.6. The van der Waals surface area contributed by atoms with Gasteiger partial charge in [0.05, 0.1) is 6.20 Å². The van der Waals surface area contributed by atoms with E-state index in [4.69, 9.17) is 0 Å². The molecule has 0 amide bonds. The van der Waals surface area contributed by atoms with Crippen LogP contribution in [-0.4, -0.2) is 21.7 Å². The van der Waals surface area contributed by atoms with Gasteiger partial charge in [-0.05, 0) is 48.7 Å².